The Morgan fingerprint density at radius 3 is 1.14 bits per heavy atom. The number of halogens is 11. The van der Waals surface area contributed by atoms with E-state index in [-0.39, 0.29) is 6.42 Å². The van der Waals surface area contributed by atoms with Crippen LogP contribution in [0.15, 0.2) is 0 Å². The van der Waals surface area contributed by atoms with Gasteiger partial charge in [0.15, 0.2) is 0 Å². The fraction of sp³-hybridized carbons (Fsp3) is 1.00. The first-order chi connectivity index (χ1) is 12.6. The van der Waals surface area contributed by atoms with Gasteiger partial charge in [-0.15, -0.1) is 0 Å². The van der Waals surface area contributed by atoms with E-state index in [1.54, 1.807) is 0 Å². The highest BCUT2D eigenvalue weighted by Crippen LogP contribution is 2.58. The van der Waals surface area contributed by atoms with Crippen LogP contribution in [-0.4, -0.2) is 35.6 Å². The molecule has 0 saturated heterocycles. The summed E-state index contributed by atoms with van der Waals surface area (Å²) in [5.74, 6) is -26.4. The number of rotatable bonds is 14. The van der Waals surface area contributed by atoms with E-state index in [1.807, 2.05) is 0 Å². The number of unbranched alkanes of at least 4 members (excludes halogenated alkanes) is 8. The summed E-state index contributed by atoms with van der Waals surface area (Å²) in [4.78, 5) is 0. The molecule has 0 spiro atoms. The van der Waals surface area contributed by atoms with Crippen LogP contribution in [-0.2, 0) is 0 Å². The average Bonchev–Trinajstić information content (AvgIpc) is 2.55. The summed E-state index contributed by atoms with van der Waals surface area (Å²) in [6, 6.07) is 0. The summed E-state index contributed by atoms with van der Waals surface area (Å²) in [6.45, 7) is 0. The van der Waals surface area contributed by atoms with E-state index in [1.165, 1.54) is 0 Å². The van der Waals surface area contributed by atoms with E-state index in [4.69, 9.17) is 0 Å². The quantitative estimate of drug-likeness (QED) is 0.153. The molecule has 0 radical (unpaired) electrons. The monoisotopic (exact) mass is 456 g/mol. The van der Waals surface area contributed by atoms with Crippen molar-refractivity contribution in [1.29, 1.82) is 0 Å². The van der Waals surface area contributed by atoms with Gasteiger partial charge in [-0.1, -0.05) is 44.9 Å². The van der Waals surface area contributed by atoms with Crippen LogP contribution in [0.2, 0.25) is 0 Å². The van der Waals surface area contributed by atoms with Crippen LogP contribution in [0.25, 0.3) is 0 Å². The summed E-state index contributed by atoms with van der Waals surface area (Å²) in [5.41, 5.74) is 0. The van der Waals surface area contributed by atoms with E-state index in [2.05, 4.69) is 12.6 Å². The van der Waals surface area contributed by atoms with Crippen LogP contribution in [0, 0.1) is 0 Å². The van der Waals surface area contributed by atoms with Crippen LogP contribution >= 0.6 is 12.6 Å². The Morgan fingerprint density at radius 1 is 0.429 bits per heavy atom. The molecule has 12 heteroatoms. The maximum absolute atomic E-state index is 13.4. The summed E-state index contributed by atoms with van der Waals surface area (Å²) in [5, 5.41) is 0. The van der Waals surface area contributed by atoms with Crippen molar-refractivity contribution < 1.29 is 48.3 Å². The standard InChI is InChI=1S/C16H23F11S/c17-12(18,10-8-6-4-2-1-3-5-7-9-11-28)13(19,20)14(21,22)15(23,24)16(25,26)27/h28H,1-11H2. The number of hydrogen-bond acceptors (Lipinski definition) is 1. The molecule has 0 aromatic rings. The Hall–Kier alpha value is -0.420. The maximum atomic E-state index is 13.4. The third-order valence-electron chi connectivity index (χ3n) is 4.25. The van der Waals surface area contributed by atoms with Crippen LogP contribution in [0.5, 0.6) is 0 Å². The molecule has 0 amide bonds. The first-order valence-corrected chi connectivity index (χ1v) is 9.38. The predicted octanol–water partition coefficient (Wildman–Crippen LogP) is 7.92. The fourth-order valence-corrected chi connectivity index (χ4v) is 2.68. The Morgan fingerprint density at radius 2 is 0.786 bits per heavy atom. The zero-order valence-electron chi connectivity index (χ0n) is 14.9. The van der Waals surface area contributed by atoms with E-state index in [9.17, 15) is 48.3 Å². The molecule has 0 aromatic carbocycles. The number of thiol groups is 1. The molecule has 0 bridgehead atoms. The fourth-order valence-electron chi connectivity index (χ4n) is 2.46. The molecule has 0 rings (SSSR count). The van der Waals surface area contributed by atoms with Crippen LogP contribution < -0.4 is 0 Å². The minimum Gasteiger partial charge on any atom is -0.200 e. The van der Waals surface area contributed by atoms with Gasteiger partial charge in [0, 0.05) is 6.42 Å². The van der Waals surface area contributed by atoms with Gasteiger partial charge in [-0.2, -0.15) is 60.9 Å². The zero-order chi connectivity index (χ0) is 22.3. The van der Waals surface area contributed by atoms with Gasteiger partial charge in [-0.05, 0) is 18.6 Å². The second kappa shape index (κ2) is 10.6. The Kier molecular flexibility index (Phi) is 10.4. The van der Waals surface area contributed by atoms with Gasteiger partial charge in [0.1, 0.15) is 0 Å². The summed E-state index contributed by atoms with van der Waals surface area (Å²) >= 11 is 4.03. The second-order valence-electron chi connectivity index (χ2n) is 6.58. The van der Waals surface area contributed by atoms with Crippen LogP contribution in [0.4, 0.5) is 48.3 Å². The molecule has 0 fully saturated rings. The third kappa shape index (κ3) is 6.55. The zero-order valence-corrected chi connectivity index (χ0v) is 15.8. The van der Waals surface area contributed by atoms with Crippen molar-refractivity contribution in [3.05, 3.63) is 0 Å². The van der Waals surface area contributed by atoms with Crippen molar-refractivity contribution in [2.75, 3.05) is 5.75 Å². The van der Waals surface area contributed by atoms with Gasteiger partial charge in [0.05, 0.1) is 0 Å². The van der Waals surface area contributed by atoms with Gasteiger partial charge < -0.3 is 0 Å². The predicted molar refractivity (Wildman–Crippen MR) is 85.9 cm³/mol. The lowest BCUT2D eigenvalue weighted by atomic mass is 9.94. The molecule has 0 atom stereocenters. The van der Waals surface area contributed by atoms with E-state index in [0.29, 0.717) is 12.8 Å². The van der Waals surface area contributed by atoms with Crippen molar-refractivity contribution in [3.8, 4) is 0 Å². The van der Waals surface area contributed by atoms with Crippen LogP contribution in [0.1, 0.15) is 64.2 Å². The minimum absolute atomic E-state index is 0.0659. The maximum Gasteiger partial charge on any atom is 0.460 e. The summed E-state index contributed by atoms with van der Waals surface area (Å²) < 4.78 is 141. The Bertz CT molecular complexity index is 446. The Labute approximate surface area is 161 Å². The molecule has 170 valence electrons. The average molecular weight is 456 g/mol. The lowest BCUT2D eigenvalue weighted by Crippen LogP contribution is -2.66. The van der Waals surface area contributed by atoms with Gasteiger partial charge >= 0.3 is 29.9 Å². The van der Waals surface area contributed by atoms with E-state index >= 15 is 0 Å². The summed E-state index contributed by atoms with van der Waals surface area (Å²) in [6.07, 6.45) is -4.45. The second-order valence-corrected chi connectivity index (χ2v) is 7.03. The SMILES string of the molecule is FC(F)(F)C(F)(F)C(F)(F)C(F)(F)C(F)(F)CCCCCCCCCCCS. The molecule has 0 aliphatic rings. The molecule has 0 aliphatic heterocycles. The normalized spacial score (nSPS) is 14.6. The minimum atomic E-state index is -7.31. The van der Waals surface area contributed by atoms with Crippen molar-refractivity contribution in [2.45, 2.75) is 94.1 Å². The smallest absolute Gasteiger partial charge is 0.200 e. The summed E-state index contributed by atoms with van der Waals surface area (Å²) in [7, 11) is 0. The van der Waals surface area contributed by atoms with Crippen molar-refractivity contribution >= 4 is 12.6 Å². The Balaban J connectivity index is 4.59. The van der Waals surface area contributed by atoms with Gasteiger partial charge in [-0.3, -0.25) is 0 Å². The van der Waals surface area contributed by atoms with Crippen LogP contribution in [0.3, 0.4) is 0 Å². The highest BCUT2D eigenvalue weighted by molar-refractivity contribution is 7.80. The molecule has 0 nitrogen and oxygen atoms in total. The lowest BCUT2D eigenvalue weighted by molar-refractivity contribution is -0.422. The van der Waals surface area contributed by atoms with Gasteiger partial charge in [0.2, 0.25) is 0 Å². The van der Waals surface area contributed by atoms with Crippen molar-refractivity contribution in [2.24, 2.45) is 0 Å². The highest BCUT2D eigenvalue weighted by Gasteiger charge is 2.86. The molecule has 0 N–H and O–H groups in total. The molecule has 0 aliphatic carbocycles. The number of hydrogen-bond donors (Lipinski definition) is 1. The molecule has 0 saturated carbocycles. The van der Waals surface area contributed by atoms with E-state index < -0.39 is 42.7 Å². The first-order valence-electron chi connectivity index (χ1n) is 8.75. The molecule has 0 unspecified atom stereocenters. The largest absolute Gasteiger partial charge is 0.460 e. The lowest BCUT2D eigenvalue weighted by Gasteiger charge is -2.37. The molecule has 0 aromatic heterocycles. The number of alkyl halides is 11. The van der Waals surface area contributed by atoms with Crippen molar-refractivity contribution in [1.82, 2.24) is 0 Å². The molecule has 28 heavy (non-hydrogen) atoms. The molecular formula is C16H23F11S. The third-order valence-corrected chi connectivity index (χ3v) is 4.57. The topological polar surface area (TPSA) is 0 Å². The first kappa shape index (κ1) is 27.6. The molecular weight excluding hydrogens is 433 g/mol. The molecule has 0 heterocycles. The highest BCUT2D eigenvalue weighted by atomic mass is 32.1. The van der Waals surface area contributed by atoms with Gasteiger partial charge in [0.25, 0.3) is 0 Å². The van der Waals surface area contributed by atoms with Gasteiger partial charge in [-0.25, -0.2) is 0 Å². The van der Waals surface area contributed by atoms with E-state index in [0.717, 1.165) is 37.9 Å². The van der Waals surface area contributed by atoms with Crippen molar-refractivity contribution in [3.63, 3.8) is 0 Å².